The first kappa shape index (κ1) is 35.5. The number of hydrogen-bond donors (Lipinski definition) is 5. The molecular weight excluding hydrogens is 700 g/mol. The minimum absolute atomic E-state index is 0.0503. The van der Waals surface area contributed by atoms with Gasteiger partial charge in [-0.25, -0.2) is 14.4 Å². The van der Waals surface area contributed by atoms with Gasteiger partial charge in [0.15, 0.2) is 0 Å². The molecular formula is C42H47FN8O4. The van der Waals surface area contributed by atoms with Crippen molar-refractivity contribution in [3.8, 4) is 51.0 Å². The summed E-state index contributed by atoms with van der Waals surface area (Å²) in [6.45, 7) is 5.17. The van der Waals surface area contributed by atoms with E-state index in [0.717, 1.165) is 87.0 Å². The van der Waals surface area contributed by atoms with Crippen molar-refractivity contribution in [1.82, 2.24) is 34.7 Å². The van der Waals surface area contributed by atoms with Gasteiger partial charge in [-0.05, 0) is 61.2 Å². The Hall–Kier alpha value is -5.21. The summed E-state index contributed by atoms with van der Waals surface area (Å²) >= 11 is 0. The third-order valence-corrected chi connectivity index (χ3v) is 11.5. The molecule has 9 rings (SSSR count). The third kappa shape index (κ3) is 6.34. The Kier molecular flexibility index (Phi) is 9.12. The van der Waals surface area contributed by atoms with E-state index in [1.807, 2.05) is 44.4 Å². The minimum atomic E-state index is -0.865. The largest absolute Gasteiger partial charge is 0.497 e. The second kappa shape index (κ2) is 14.1. The summed E-state index contributed by atoms with van der Waals surface area (Å²) in [7, 11) is 3.28. The standard InChI is InChI=1S/C42H47FN8O4/c1-22(2)38(44)41(52)50-11-5-6-35(50)40-47-21-33(49-40)24-7-9-30-36-15-25-12-23(32-20-46-39(48-32)31-17-27(43)19-45-31)8-10-34(25)51(36)42(55-37(30)16-24)26-13-28(53-3)18-29(14-26)54-4/h7-10,12-16,18,20-22,27,31,35,38,41-42,45,52H,5-6,11,17,19,44H2,1-4H3,(H,46,48)(H,47,49). The number of methoxy groups -OCH3 is 2. The van der Waals surface area contributed by atoms with Crippen molar-refractivity contribution in [2.45, 2.75) is 69.9 Å². The summed E-state index contributed by atoms with van der Waals surface area (Å²) in [4.78, 5) is 18.4. The van der Waals surface area contributed by atoms with Gasteiger partial charge in [0.1, 0.15) is 41.3 Å². The predicted octanol–water partition coefficient (Wildman–Crippen LogP) is 6.86. The molecule has 6 aromatic rings. The molecule has 0 aliphatic carbocycles. The van der Waals surface area contributed by atoms with Crippen LogP contribution in [0.25, 0.3) is 44.7 Å². The van der Waals surface area contributed by atoms with Crippen LogP contribution in [-0.2, 0) is 0 Å². The molecule has 13 heteroatoms. The van der Waals surface area contributed by atoms with Crippen molar-refractivity contribution in [3.05, 3.63) is 90.3 Å². The van der Waals surface area contributed by atoms with E-state index in [9.17, 15) is 9.50 Å². The Balaban J connectivity index is 1.09. The molecule has 0 amide bonds. The number of ether oxygens (including phenoxy) is 3. The molecule has 6 atom stereocenters. The molecule has 55 heavy (non-hydrogen) atoms. The van der Waals surface area contributed by atoms with Gasteiger partial charge in [-0.1, -0.05) is 26.0 Å². The smallest absolute Gasteiger partial charge is 0.203 e. The number of H-pyrrole nitrogens is 2. The molecule has 3 aromatic carbocycles. The number of likely N-dealkylation sites (tertiary alicyclic amines) is 1. The summed E-state index contributed by atoms with van der Waals surface area (Å²) in [6, 6.07) is 20.1. The number of hydrogen-bond acceptors (Lipinski definition) is 9. The highest BCUT2D eigenvalue weighted by Gasteiger charge is 2.37. The van der Waals surface area contributed by atoms with Crippen molar-refractivity contribution in [1.29, 1.82) is 0 Å². The summed E-state index contributed by atoms with van der Waals surface area (Å²) in [5.41, 5.74) is 13.8. The van der Waals surface area contributed by atoms with Crippen molar-refractivity contribution < 1.29 is 23.7 Å². The number of alkyl halides is 1. The number of imidazole rings is 2. The third-order valence-electron chi connectivity index (χ3n) is 11.5. The molecule has 6 unspecified atom stereocenters. The Morgan fingerprint density at radius 3 is 2.35 bits per heavy atom. The fourth-order valence-corrected chi connectivity index (χ4v) is 8.40. The number of nitrogens with two attached hydrogens (primary N) is 1. The average molecular weight is 747 g/mol. The van der Waals surface area contributed by atoms with Crippen LogP contribution >= 0.6 is 0 Å². The van der Waals surface area contributed by atoms with Crippen LogP contribution in [-0.4, -0.2) is 80.3 Å². The molecule has 286 valence electrons. The maximum atomic E-state index is 13.9. The fourth-order valence-electron chi connectivity index (χ4n) is 8.40. The molecule has 0 bridgehead atoms. The monoisotopic (exact) mass is 746 g/mol. The first-order chi connectivity index (χ1) is 26.7. The summed E-state index contributed by atoms with van der Waals surface area (Å²) < 4.78 is 34.5. The van der Waals surface area contributed by atoms with E-state index in [1.165, 1.54) is 0 Å². The molecule has 12 nitrogen and oxygen atoms in total. The zero-order chi connectivity index (χ0) is 38.0. The van der Waals surface area contributed by atoms with Crippen molar-refractivity contribution in [3.63, 3.8) is 0 Å². The number of aliphatic hydroxyl groups excluding tert-OH is 1. The number of halogens is 1. The molecule has 0 radical (unpaired) electrons. The lowest BCUT2D eigenvalue weighted by Crippen LogP contribution is -2.50. The van der Waals surface area contributed by atoms with E-state index in [0.29, 0.717) is 24.5 Å². The molecule has 2 fully saturated rings. The Morgan fingerprint density at radius 2 is 1.64 bits per heavy atom. The Bertz CT molecular complexity index is 2330. The Labute approximate surface area is 318 Å². The number of benzene rings is 3. The highest BCUT2D eigenvalue weighted by molar-refractivity contribution is 5.92. The Morgan fingerprint density at radius 1 is 0.927 bits per heavy atom. The lowest BCUT2D eigenvalue weighted by atomic mass is 10.0. The molecule has 6 heterocycles. The minimum Gasteiger partial charge on any atom is -0.497 e. The zero-order valence-corrected chi connectivity index (χ0v) is 31.4. The zero-order valence-electron chi connectivity index (χ0n) is 31.4. The average Bonchev–Trinajstić information content (AvgIpc) is 4.05. The van der Waals surface area contributed by atoms with Gasteiger partial charge in [-0.3, -0.25) is 4.90 Å². The van der Waals surface area contributed by atoms with E-state index in [-0.39, 0.29) is 24.0 Å². The topological polar surface area (TPSA) is 151 Å². The van der Waals surface area contributed by atoms with Crippen molar-refractivity contribution >= 4 is 10.9 Å². The fraction of sp³-hybridized carbons (Fsp3) is 0.381. The molecule has 2 saturated heterocycles. The van der Waals surface area contributed by atoms with Crippen LogP contribution in [0.3, 0.4) is 0 Å². The van der Waals surface area contributed by atoms with E-state index < -0.39 is 18.6 Å². The molecule has 6 N–H and O–H groups in total. The summed E-state index contributed by atoms with van der Waals surface area (Å²) in [5.74, 6) is 3.76. The van der Waals surface area contributed by atoms with Crippen LogP contribution < -0.4 is 25.3 Å². The number of rotatable bonds is 10. The normalized spacial score (nSPS) is 22.1. The SMILES string of the molecule is COc1cc(OC)cc(C2Oc3cc(-c4cnc(C5CCCN5C(O)C(N)C(C)C)[nH]4)ccc3-c3cc4cc(-c5cnc(C6CC(F)CN6)[nH]5)ccc4n32)c1. The van der Waals surface area contributed by atoms with Crippen LogP contribution in [0.5, 0.6) is 17.2 Å². The number of nitrogens with zero attached hydrogens (tertiary/aromatic N) is 4. The maximum Gasteiger partial charge on any atom is 0.203 e. The number of aliphatic hydroxyl groups is 1. The van der Waals surface area contributed by atoms with Crippen LogP contribution in [0.2, 0.25) is 0 Å². The maximum absolute atomic E-state index is 13.9. The van der Waals surface area contributed by atoms with E-state index in [1.54, 1.807) is 14.2 Å². The van der Waals surface area contributed by atoms with Gasteiger partial charge in [-0.15, -0.1) is 0 Å². The second-order valence-electron chi connectivity index (χ2n) is 15.3. The number of aromatic nitrogens is 5. The predicted molar refractivity (Wildman–Crippen MR) is 209 cm³/mol. The molecule has 3 aliphatic rings. The van der Waals surface area contributed by atoms with Crippen molar-refractivity contribution in [2.75, 3.05) is 27.3 Å². The highest BCUT2D eigenvalue weighted by atomic mass is 19.1. The van der Waals surface area contributed by atoms with Crippen LogP contribution in [0.15, 0.2) is 73.1 Å². The van der Waals surface area contributed by atoms with Gasteiger partial charge in [0.05, 0.1) is 61.3 Å². The molecule has 3 aliphatic heterocycles. The first-order valence-corrected chi connectivity index (χ1v) is 19.1. The van der Waals surface area contributed by atoms with E-state index >= 15 is 0 Å². The van der Waals surface area contributed by atoms with E-state index in [4.69, 9.17) is 24.9 Å². The lowest BCUT2D eigenvalue weighted by Gasteiger charge is -2.33. The first-order valence-electron chi connectivity index (χ1n) is 19.1. The lowest BCUT2D eigenvalue weighted by molar-refractivity contribution is -0.0351. The number of aromatic amines is 2. The van der Waals surface area contributed by atoms with Gasteiger partial charge < -0.3 is 44.9 Å². The van der Waals surface area contributed by atoms with Gasteiger partial charge in [-0.2, -0.15) is 0 Å². The van der Waals surface area contributed by atoms with Gasteiger partial charge in [0, 0.05) is 59.3 Å². The van der Waals surface area contributed by atoms with Gasteiger partial charge in [0.2, 0.25) is 6.23 Å². The van der Waals surface area contributed by atoms with Crippen LogP contribution in [0.1, 0.15) is 68.6 Å². The van der Waals surface area contributed by atoms with E-state index in [2.05, 4.69) is 72.2 Å². The van der Waals surface area contributed by atoms with Crippen LogP contribution in [0.4, 0.5) is 4.39 Å². The van der Waals surface area contributed by atoms with Gasteiger partial charge in [0.25, 0.3) is 0 Å². The number of nitrogens with one attached hydrogen (secondary N) is 3. The summed E-state index contributed by atoms with van der Waals surface area (Å²) in [6.07, 6.45) is 3.78. The summed E-state index contributed by atoms with van der Waals surface area (Å²) in [5, 5.41) is 15.4. The van der Waals surface area contributed by atoms with Crippen LogP contribution in [0, 0.1) is 5.92 Å². The van der Waals surface area contributed by atoms with Crippen molar-refractivity contribution in [2.24, 2.45) is 11.7 Å². The van der Waals surface area contributed by atoms with Gasteiger partial charge >= 0.3 is 0 Å². The highest BCUT2D eigenvalue weighted by Crippen LogP contribution is 2.47. The number of fused-ring (bicyclic) bond motifs is 5. The second-order valence-corrected chi connectivity index (χ2v) is 15.3. The molecule has 0 saturated carbocycles. The molecule has 0 spiro atoms. The molecule has 3 aromatic heterocycles. The quantitative estimate of drug-likeness (QED) is 0.101.